The molecule has 2 amide bonds. The van der Waals surface area contributed by atoms with Crippen LogP contribution >= 0.6 is 34.8 Å². The first-order valence-electron chi connectivity index (χ1n) is 11.1. The van der Waals surface area contributed by atoms with Crippen LogP contribution in [-0.4, -0.2) is 17.6 Å². The molecule has 0 radical (unpaired) electrons. The highest BCUT2D eigenvalue weighted by atomic mass is 35.5. The van der Waals surface area contributed by atoms with Crippen molar-refractivity contribution >= 4 is 57.8 Å². The number of hydrogen-bond acceptors (Lipinski definition) is 3. The summed E-state index contributed by atoms with van der Waals surface area (Å²) in [6.07, 6.45) is 0. The summed E-state index contributed by atoms with van der Waals surface area (Å²) < 4.78 is 5.81. The Hall–Kier alpha value is -3.64. The molecule has 8 heteroatoms. The van der Waals surface area contributed by atoms with Crippen LogP contribution < -0.4 is 15.5 Å². The van der Waals surface area contributed by atoms with Crippen molar-refractivity contribution in [2.45, 2.75) is 0 Å². The average Bonchev–Trinajstić information content (AvgIpc) is 3.34. The van der Waals surface area contributed by atoms with E-state index in [-0.39, 0.29) is 6.03 Å². The van der Waals surface area contributed by atoms with Crippen molar-refractivity contribution in [3.05, 3.63) is 123 Å². The first-order valence-corrected chi connectivity index (χ1v) is 12.2. The van der Waals surface area contributed by atoms with Gasteiger partial charge < -0.3 is 10.1 Å². The summed E-state index contributed by atoms with van der Waals surface area (Å²) in [5.41, 5.74) is 7.74. The molecule has 1 heterocycles. The first-order chi connectivity index (χ1) is 17.5. The first kappa shape index (κ1) is 24.1. The van der Waals surface area contributed by atoms with Crippen molar-refractivity contribution in [3.63, 3.8) is 0 Å². The smallest absolute Gasteiger partial charge is 0.340 e. The second-order valence-corrected chi connectivity index (χ2v) is 9.31. The molecule has 1 aliphatic heterocycles. The van der Waals surface area contributed by atoms with Gasteiger partial charge in [-0.2, -0.15) is 0 Å². The molecule has 0 saturated heterocycles. The predicted octanol–water partition coefficient (Wildman–Crippen LogP) is 8.36. The van der Waals surface area contributed by atoms with E-state index in [1.165, 1.54) is 0 Å². The molecule has 4 aromatic carbocycles. The zero-order valence-corrected chi connectivity index (χ0v) is 21.1. The fourth-order valence-electron chi connectivity index (χ4n) is 3.81. The Morgan fingerprint density at radius 3 is 2.17 bits per heavy atom. The molecule has 180 valence electrons. The summed E-state index contributed by atoms with van der Waals surface area (Å²) in [5, 5.41) is 6.00. The lowest BCUT2D eigenvalue weighted by atomic mass is 10.0. The largest absolute Gasteiger partial charge is 0.457 e. The van der Waals surface area contributed by atoms with E-state index in [0.717, 1.165) is 22.4 Å². The Labute approximate surface area is 223 Å². The average molecular weight is 537 g/mol. The lowest BCUT2D eigenvalue weighted by molar-refractivity contribution is 0.210. The molecular formula is C28H20Cl3N3O2. The molecule has 0 unspecified atom stereocenters. The highest BCUT2D eigenvalue weighted by molar-refractivity contribution is 6.42. The Morgan fingerprint density at radius 2 is 1.47 bits per heavy atom. The number of hydrazine groups is 1. The maximum atomic E-state index is 13.1. The van der Waals surface area contributed by atoms with Crippen molar-refractivity contribution in [3.8, 4) is 11.5 Å². The Morgan fingerprint density at radius 1 is 0.778 bits per heavy atom. The number of rotatable bonds is 5. The lowest BCUT2D eigenvalue weighted by Gasteiger charge is -2.19. The van der Waals surface area contributed by atoms with Crippen molar-refractivity contribution in [2.75, 3.05) is 11.9 Å². The molecular weight excluding hydrogens is 517 g/mol. The van der Waals surface area contributed by atoms with Crippen LogP contribution in [0.25, 0.3) is 11.3 Å². The van der Waals surface area contributed by atoms with E-state index in [2.05, 4.69) is 10.7 Å². The number of carbonyl (C=O) groups is 1. The van der Waals surface area contributed by atoms with Crippen molar-refractivity contribution in [1.82, 2.24) is 10.4 Å². The van der Waals surface area contributed by atoms with Gasteiger partial charge in [-0.25, -0.2) is 9.80 Å². The number of nitrogens with zero attached hydrogens (tertiary/aromatic N) is 1. The number of halogens is 3. The third-order valence-electron chi connectivity index (χ3n) is 5.60. The predicted molar refractivity (Wildman–Crippen MR) is 147 cm³/mol. The van der Waals surface area contributed by atoms with Crippen LogP contribution in [-0.2, 0) is 0 Å². The highest BCUT2D eigenvalue weighted by Crippen LogP contribution is 2.32. The van der Waals surface area contributed by atoms with Gasteiger partial charge in [-0.1, -0.05) is 77.3 Å². The van der Waals surface area contributed by atoms with E-state index in [9.17, 15) is 4.79 Å². The highest BCUT2D eigenvalue weighted by Gasteiger charge is 2.27. The van der Waals surface area contributed by atoms with Crippen LogP contribution in [0.4, 0.5) is 10.5 Å². The summed E-state index contributed by atoms with van der Waals surface area (Å²) in [6.45, 7) is 0.395. The lowest BCUT2D eigenvalue weighted by Crippen LogP contribution is -2.40. The molecule has 4 aromatic rings. The molecule has 5 rings (SSSR count). The molecule has 0 bridgehead atoms. The van der Waals surface area contributed by atoms with Crippen molar-refractivity contribution in [1.29, 1.82) is 0 Å². The maximum absolute atomic E-state index is 13.1. The summed E-state index contributed by atoms with van der Waals surface area (Å²) in [4.78, 5) is 13.1. The zero-order valence-electron chi connectivity index (χ0n) is 18.8. The van der Waals surface area contributed by atoms with Crippen molar-refractivity contribution in [2.24, 2.45) is 0 Å². The fourth-order valence-corrected chi connectivity index (χ4v) is 4.22. The minimum Gasteiger partial charge on any atom is -0.457 e. The maximum Gasteiger partial charge on any atom is 0.340 e. The monoisotopic (exact) mass is 535 g/mol. The van der Waals surface area contributed by atoms with Gasteiger partial charge in [-0.05, 0) is 59.7 Å². The Kier molecular flexibility index (Phi) is 7.05. The summed E-state index contributed by atoms with van der Waals surface area (Å²) in [6, 6.07) is 29.3. The van der Waals surface area contributed by atoms with Crippen LogP contribution in [0, 0.1) is 0 Å². The molecule has 36 heavy (non-hydrogen) atoms. The second kappa shape index (κ2) is 10.5. The number of hydrogen-bond donors (Lipinski definition) is 2. The topological polar surface area (TPSA) is 53.6 Å². The fraction of sp³-hybridized carbons (Fsp3) is 0.0357. The van der Waals surface area contributed by atoms with Crippen LogP contribution in [0.5, 0.6) is 11.5 Å². The molecule has 0 saturated carbocycles. The van der Waals surface area contributed by atoms with Gasteiger partial charge in [-0.15, -0.1) is 0 Å². The number of nitrogens with one attached hydrogen (secondary N) is 2. The van der Waals surface area contributed by atoms with Crippen LogP contribution in [0.1, 0.15) is 11.1 Å². The number of ether oxygens (including phenoxy) is 1. The number of anilines is 1. The van der Waals surface area contributed by atoms with Gasteiger partial charge in [0.25, 0.3) is 0 Å². The van der Waals surface area contributed by atoms with Gasteiger partial charge in [-0.3, -0.25) is 5.43 Å². The minimum absolute atomic E-state index is 0.287. The van der Waals surface area contributed by atoms with Gasteiger partial charge in [0.1, 0.15) is 11.5 Å². The number of urea groups is 1. The number of benzene rings is 4. The third kappa shape index (κ3) is 5.44. The quantitative estimate of drug-likeness (QED) is 0.269. The molecule has 0 atom stereocenters. The molecule has 5 nitrogen and oxygen atoms in total. The molecule has 0 fully saturated rings. The Bertz CT molecular complexity index is 1420. The van der Waals surface area contributed by atoms with Gasteiger partial charge in [0.2, 0.25) is 0 Å². The third-order valence-corrected chi connectivity index (χ3v) is 6.59. The van der Waals surface area contributed by atoms with Gasteiger partial charge in [0.15, 0.2) is 0 Å². The van der Waals surface area contributed by atoms with E-state index in [1.54, 1.807) is 47.5 Å². The molecule has 0 aromatic heterocycles. The van der Waals surface area contributed by atoms with Crippen molar-refractivity contribution < 1.29 is 9.53 Å². The SMILES string of the molecule is O=C(Nc1ccc(Oc2ccc(Cl)c(Cl)c2)cc1)N1CC(c2ccccc2)=C(c2ccc(Cl)cc2)N1. The van der Waals surface area contributed by atoms with Gasteiger partial charge in [0, 0.05) is 22.3 Å². The molecule has 0 aliphatic carbocycles. The van der Waals surface area contributed by atoms with Crippen LogP contribution in [0.3, 0.4) is 0 Å². The summed E-state index contributed by atoms with van der Waals surface area (Å²) >= 11 is 18.1. The number of amides is 2. The van der Waals surface area contributed by atoms with Crippen LogP contribution in [0.15, 0.2) is 97.1 Å². The van der Waals surface area contributed by atoms with Gasteiger partial charge >= 0.3 is 6.03 Å². The standard InChI is InChI=1S/C28H20Cl3N3O2/c29-20-8-6-19(7-9-20)27-24(18-4-2-1-3-5-18)17-34(33-27)28(35)32-21-10-12-22(13-11-21)36-23-14-15-25(30)26(31)16-23/h1-16,33H,17H2,(H,32,35). The van der Waals surface area contributed by atoms with E-state index in [0.29, 0.717) is 38.8 Å². The minimum atomic E-state index is -0.287. The van der Waals surface area contributed by atoms with E-state index in [4.69, 9.17) is 39.5 Å². The van der Waals surface area contributed by atoms with Gasteiger partial charge in [0.05, 0.1) is 22.3 Å². The molecule has 0 spiro atoms. The number of carbonyl (C=O) groups excluding carboxylic acids is 1. The molecule has 1 aliphatic rings. The van der Waals surface area contributed by atoms with Crippen LogP contribution in [0.2, 0.25) is 15.1 Å². The molecule has 2 N–H and O–H groups in total. The normalized spacial score (nSPS) is 12.9. The summed E-state index contributed by atoms with van der Waals surface area (Å²) in [5.74, 6) is 1.17. The zero-order chi connectivity index (χ0) is 25.1. The van der Waals surface area contributed by atoms with E-state index in [1.807, 2.05) is 54.6 Å². The Balaban J connectivity index is 1.29. The summed E-state index contributed by atoms with van der Waals surface area (Å²) in [7, 11) is 0. The van der Waals surface area contributed by atoms with E-state index >= 15 is 0 Å². The van der Waals surface area contributed by atoms with E-state index < -0.39 is 0 Å². The second-order valence-electron chi connectivity index (χ2n) is 8.06.